The average Bonchev–Trinajstić information content (AvgIpc) is 3.38. The normalized spacial score (nSPS) is 19.2. The van der Waals surface area contributed by atoms with Crippen LogP contribution >= 0.6 is 0 Å². The van der Waals surface area contributed by atoms with E-state index in [9.17, 15) is 9.18 Å². The number of ether oxygens (including phenoxy) is 1. The number of carbonyl (C=O) groups is 1. The number of halogens is 1. The number of aromatic nitrogens is 3. The minimum Gasteiger partial charge on any atom is -0.377 e. The SMILES string of the molecule is C[C@@H]1COCCN1c1nc(-c2cccc3[nH]ccc23)nc2c1CCN(C(=O)c1ccc(F)cc1)C2(C)C. The Morgan fingerprint density at radius 3 is 2.70 bits per heavy atom. The van der Waals surface area contributed by atoms with Gasteiger partial charge in [0.1, 0.15) is 11.6 Å². The molecule has 1 fully saturated rings. The van der Waals surface area contributed by atoms with Crippen LogP contribution in [0.15, 0.2) is 54.7 Å². The summed E-state index contributed by atoms with van der Waals surface area (Å²) in [4.78, 5) is 31.4. The molecule has 0 radical (unpaired) electrons. The summed E-state index contributed by atoms with van der Waals surface area (Å²) in [7, 11) is 0. The van der Waals surface area contributed by atoms with Crippen molar-refractivity contribution in [2.24, 2.45) is 0 Å². The van der Waals surface area contributed by atoms with Gasteiger partial charge >= 0.3 is 0 Å². The van der Waals surface area contributed by atoms with Crippen molar-refractivity contribution in [3.05, 3.63) is 77.4 Å². The Morgan fingerprint density at radius 2 is 1.92 bits per heavy atom. The van der Waals surface area contributed by atoms with E-state index in [0.29, 0.717) is 37.6 Å². The number of hydrogen-bond donors (Lipinski definition) is 1. The Labute approximate surface area is 215 Å². The molecule has 2 aromatic heterocycles. The zero-order valence-corrected chi connectivity index (χ0v) is 21.3. The molecule has 0 bridgehead atoms. The molecular formula is C29H30FN5O2. The second-order valence-electron chi connectivity index (χ2n) is 10.3. The highest BCUT2D eigenvalue weighted by atomic mass is 19.1. The smallest absolute Gasteiger partial charge is 0.254 e. The third-order valence-electron chi connectivity index (χ3n) is 7.64. The quantitative estimate of drug-likeness (QED) is 0.433. The number of rotatable bonds is 3. The van der Waals surface area contributed by atoms with Crippen molar-refractivity contribution in [3.63, 3.8) is 0 Å². The summed E-state index contributed by atoms with van der Waals surface area (Å²) in [5.74, 6) is 1.07. The van der Waals surface area contributed by atoms with E-state index in [1.165, 1.54) is 12.1 Å². The van der Waals surface area contributed by atoms with Crippen LogP contribution in [-0.2, 0) is 16.7 Å². The predicted molar refractivity (Wildman–Crippen MR) is 141 cm³/mol. The molecule has 1 amide bonds. The molecule has 1 N–H and O–H groups in total. The van der Waals surface area contributed by atoms with Crippen molar-refractivity contribution in [3.8, 4) is 11.4 Å². The summed E-state index contributed by atoms with van der Waals surface area (Å²) >= 11 is 0. The molecule has 0 spiro atoms. The summed E-state index contributed by atoms with van der Waals surface area (Å²) in [6.45, 7) is 8.78. The van der Waals surface area contributed by atoms with Gasteiger partial charge in [0, 0.05) is 46.9 Å². The first-order valence-corrected chi connectivity index (χ1v) is 12.7. The molecule has 1 saturated heterocycles. The van der Waals surface area contributed by atoms with Gasteiger partial charge in [-0.15, -0.1) is 0 Å². The molecule has 0 aliphatic carbocycles. The Balaban J connectivity index is 1.51. The molecule has 2 aliphatic rings. The summed E-state index contributed by atoms with van der Waals surface area (Å²) in [5.41, 5.74) is 3.65. The molecule has 0 unspecified atom stereocenters. The highest BCUT2D eigenvalue weighted by molar-refractivity contribution is 5.95. The first-order chi connectivity index (χ1) is 17.8. The Kier molecular flexibility index (Phi) is 5.71. The van der Waals surface area contributed by atoms with Crippen LogP contribution in [0, 0.1) is 5.82 Å². The number of nitrogens with one attached hydrogen (secondary N) is 1. The van der Waals surface area contributed by atoms with E-state index < -0.39 is 5.54 Å². The van der Waals surface area contributed by atoms with E-state index in [-0.39, 0.29) is 17.8 Å². The number of carbonyl (C=O) groups excluding carboxylic acids is 1. The van der Waals surface area contributed by atoms with Crippen LogP contribution in [0.3, 0.4) is 0 Å². The molecule has 1 atom stereocenters. The average molecular weight is 500 g/mol. The van der Waals surface area contributed by atoms with Crippen molar-refractivity contribution in [1.29, 1.82) is 0 Å². The third-order valence-corrected chi connectivity index (χ3v) is 7.64. The van der Waals surface area contributed by atoms with Crippen molar-refractivity contribution < 1.29 is 13.9 Å². The van der Waals surface area contributed by atoms with Crippen LogP contribution in [-0.4, -0.2) is 58.1 Å². The van der Waals surface area contributed by atoms with Crippen LogP contribution < -0.4 is 4.90 Å². The monoisotopic (exact) mass is 499 g/mol. The highest BCUT2D eigenvalue weighted by Gasteiger charge is 2.42. The molecule has 2 aromatic carbocycles. The van der Waals surface area contributed by atoms with Gasteiger partial charge in [0.05, 0.1) is 30.5 Å². The first kappa shape index (κ1) is 23.6. The molecule has 4 aromatic rings. The van der Waals surface area contributed by atoms with E-state index in [4.69, 9.17) is 14.7 Å². The molecule has 0 saturated carbocycles. The number of aromatic amines is 1. The fourth-order valence-corrected chi connectivity index (χ4v) is 5.62. The van der Waals surface area contributed by atoms with Crippen LogP contribution in [0.2, 0.25) is 0 Å². The maximum Gasteiger partial charge on any atom is 0.254 e. The van der Waals surface area contributed by atoms with Crippen molar-refractivity contribution in [2.45, 2.75) is 38.8 Å². The van der Waals surface area contributed by atoms with Crippen LogP contribution in [0.4, 0.5) is 10.2 Å². The molecule has 8 heteroatoms. The maximum absolute atomic E-state index is 13.6. The number of H-pyrrole nitrogens is 1. The Hall–Kier alpha value is -3.78. The second kappa shape index (κ2) is 8.95. The highest BCUT2D eigenvalue weighted by Crippen LogP contribution is 2.41. The largest absolute Gasteiger partial charge is 0.377 e. The Bertz CT molecular complexity index is 1480. The van der Waals surface area contributed by atoms with Crippen molar-refractivity contribution in [2.75, 3.05) is 31.2 Å². The summed E-state index contributed by atoms with van der Waals surface area (Å²) in [6.07, 6.45) is 2.56. The van der Waals surface area contributed by atoms with Crippen molar-refractivity contribution >= 4 is 22.6 Å². The van der Waals surface area contributed by atoms with Gasteiger partial charge in [-0.05, 0) is 63.6 Å². The van der Waals surface area contributed by atoms with E-state index in [2.05, 4.69) is 16.8 Å². The molecular weight excluding hydrogens is 469 g/mol. The third kappa shape index (κ3) is 3.96. The molecule has 2 aliphatic heterocycles. The van der Waals surface area contributed by atoms with Gasteiger partial charge in [-0.2, -0.15) is 0 Å². The first-order valence-electron chi connectivity index (χ1n) is 12.7. The fraction of sp³-hybridized carbons (Fsp3) is 0.345. The van der Waals surface area contributed by atoms with Gasteiger partial charge in [0.15, 0.2) is 5.82 Å². The predicted octanol–water partition coefficient (Wildman–Crippen LogP) is 4.92. The number of anilines is 1. The lowest BCUT2D eigenvalue weighted by Gasteiger charge is -2.45. The second-order valence-corrected chi connectivity index (χ2v) is 10.3. The zero-order chi connectivity index (χ0) is 25.7. The minimum absolute atomic E-state index is 0.134. The van der Waals surface area contributed by atoms with Crippen LogP contribution in [0.1, 0.15) is 42.4 Å². The lowest BCUT2D eigenvalue weighted by atomic mass is 9.86. The summed E-state index contributed by atoms with van der Waals surface area (Å²) in [5, 5.41) is 1.05. The lowest BCUT2D eigenvalue weighted by Crippen LogP contribution is -2.52. The number of fused-ring (bicyclic) bond motifs is 2. The maximum atomic E-state index is 13.6. The standard InChI is InChI=1S/C29H30FN5O2/c1-18-17-37-16-15-34(18)27-23-12-14-35(28(36)19-7-9-20(30)10-8-19)29(2,3)25(23)32-26(33-27)22-5-4-6-24-21(22)11-13-31-24/h4-11,13,18,31H,12,14-17H2,1-3H3/t18-/m1/s1. The molecule has 6 rings (SSSR count). The van der Waals surface area contributed by atoms with Gasteiger partial charge in [0.2, 0.25) is 0 Å². The molecule has 7 nitrogen and oxygen atoms in total. The number of benzene rings is 2. The molecule has 190 valence electrons. The van der Waals surface area contributed by atoms with Gasteiger partial charge in [-0.1, -0.05) is 12.1 Å². The number of morpholine rings is 1. The minimum atomic E-state index is -0.701. The van der Waals surface area contributed by atoms with Crippen LogP contribution in [0.25, 0.3) is 22.3 Å². The van der Waals surface area contributed by atoms with Crippen molar-refractivity contribution in [1.82, 2.24) is 19.9 Å². The van der Waals surface area contributed by atoms with E-state index >= 15 is 0 Å². The molecule has 4 heterocycles. The van der Waals surface area contributed by atoms with E-state index in [1.54, 1.807) is 12.1 Å². The van der Waals surface area contributed by atoms with E-state index in [0.717, 1.165) is 40.1 Å². The van der Waals surface area contributed by atoms with Gasteiger partial charge in [0.25, 0.3) is 5.91 Å². The van der Waals surface area contributed by atoms with Crippen LogP contribution in [0.5, 0.6) is 0 Å². The summed E-state index contributed by atoms with van der Waals surface area (Å²) in [6, 6.07) is 14.0. The number of amides is 1. The number of hydrogen-bond acceptors (Lipinski definition) is 5. The zero-order valence-electron chi connectivity index (χ0n) is 21.3. The van der Waals surface area contributed by atoms with Gasteiger partial charge in [-0.25, -0.2) is 14.4 Å². The Morgan fingerprint density at radius 1 is 1.11 bits per heavy atom. The van der Waals surface area contributed by atoms with E-state index in [1.807, 2.05) is 49.2 Å². The number of nitrogens with zero attached hydrogens (tertiary/aromatic N) is 4. The topological polar surface area (TPSA) is 74.3 Å². The van der Waals surface area contributed by atoms with Gasteiger partial charge in [-0.3, -0.25) is 4.79 Å². The molecule has 37 heavy (non-hydrogen) atoms. The van der Waals surface area contributed by atoms with Gasteiger partial charge < -0.3 is 19.5 Å². The summed E-state index contributed by atoms with van der Waals surface area (Å²) < 4.78 is 19.2. The lowest BCUT2D eigenvalue weighted by molar-refractivity contribution is 0.0501. The fourth-order valence-electron chi connectivity index (χ4n) is 5.62.